The largest absolute Gasteiger partial charge is 0.459 e. The third kappa shape index (κ3) is 4.32. The first-order valence-electron chi connectivity index (χ1n) is 9.32. The highest BCUT2D eigenvalue weighted by molar-refractivity contribution is 7.90. The molecule has 0 fully saturated rings. The van der Waals surface area contributed by atoms with Gasteiger partial charge in [0.25, 0.3) is 10.0 Å². The van der Waals surface area contributed by atoms with Crippen LogP contribution in [0.5, 0.6) is 0 Å². The number of hydrogen-bond acceptors (Lipinski definition) is 6. The molecule has 8 heteroatoms. The number of fused-ring (bicyclic) bond motifs is 1. The Kier molecular flexibility index (Phi) is 5.91. The minimum Gasteiger partial charge on any atom is -0.459 e. The Morgan fingerprint density at radius 3 is 2.32 bits per heavy atom. The van der Waals surface area contributed by atoms with Gasteiger partial charge in [0.2, 0.25) is 0 Å². The van der Waals surface area contributed by atoms with Crippen LogP contribution in [0.15, 0.2) is 59.6 Å². The second-order valence-corrected chi connectivity index (χ2v) is 8.86. The van der Waals surface area contributed by atoms with Crippen molar-refractivity contribution in [3.63, 3.8) is 0 Å². The molecule has 3 rings (SSSR count). The molecule has 31 heavy (non-hydrogen) atoms. The summed E-state index contributed by atoms with van der Waals surface area (Å²) >= 11 is 0. The monoisotopic (exact) mass is 439 g/mol. The zero-order valence-corrected chi connectivity index (χ0v) is 18.3. The summed E-state index contributed by atoms with van der Waals surface area (Å²) in [7, 11) is -2.77. The van der Waals surface area contributed by atoms with Crippen LogP contribution in [0.2, 0.25) is 0 Å². The summed E-state index contributed by atoms with van der Waals surface area (Å²) in [6, 6.07) is 13.3. The highest BCUT2D eigenvalue weighted by atomic mass is 32.2. The van der Waals surface area contributed by atoms with Crippen molar-refractivity contribution in [2.45, 2.75) is 31.3 Å². The minimum atomic E-state index is -3.95. The molecular weight excluding hydrogens is 418 g/mol. The van der Waals surface area contributed by atoms with Gasteiger partial charge in [-0.3, -0.25) is 4.79 Å². The van der Waals surface area contributed by atoms with Gasteiger partial charge >= 0.3 is 11.9 Å². The Balaban J connectivity index is 2.29. The van der Waals surface area contributed by atoms with E-state index in [0.29, 0.717) is 16.5 Å². The number of carbonyl (C=O) groups is 2. The van der Waals surface area contributed by atoms with Crippen LogP contribution in [0.4, 0.5) is 0 Å². The van der Waals surface area contributed by atoms with Crippen LogP contribution in [0, 0.1) is 18.8 Å². The van der Waals surface area contributed by atoms with Gasteiger partial charge < -0.3 is 9.47 Å². The number of aryl methyl sites for hydroxylation is 1. The van der Waals surface area contributed by atoms with Crippen molar-refractivity contribution in [1.29, 1.82) is 0 Å². The first-order chi connectivity index (χ1) is 14.6. The van der Waals surface area contributed by atoms with E-state index in [1.807, 2.05) is 6.92 Å². The van der Waals surface area contributed by atoms with Crippen molar-refractivity contribution in [2.24, 2.45) is 0 Å². The molecule has 0 spiro atoms. The predicted molar refractivity (Wildman–Crippen MR) is 115 cm³/mol. The van der Waals surface area contributed by atoms with Gasteiger partial charge in [-0.1, -0.05) is 35.9 Å². The van der Waals surface area contributed by atoms with Crippen molar-refractivity contribution < 1.29 is 27.5 Å². The number of para-hydroxylation sites is 1. The molecule has 0 aliphatic carbocycles. The Bertz CT molecular complexity index is 1330. The predicted octanol–water partition coefficient (Wildman–Crippen LogP) is 3.14. The molecule has 0 amide bonds. The van der Waals surface area contributed by atoms with E-state index in [1.54, 1.807) is 36.4 Å². The van der Waals surface area contributed by atoms with Crippen molar-refractivity contribution in [2.75, 3.05) is 7.11 Å². The molecule has 1 unspecified atom stereocenters. The molecule has 0 bridgehead atoms. The number of ether oxygens (including phenoxy) is 2. The van der Waals surface area contributed by atoms with Crippen molar-refractivity contribution in [3.05, 3.63) is 65.9 Å². The highest BCUT2D eigenvalue weighted by Crippen LogP contribution is 2.35. The maximum Gasteiger partial charge on any atom is 0.384 e. The smallest absolute Gasteiger partial charge is 0.384 e. The molecule has 2 aromatic carbocycles. The number of esters is 2. The standard InChI is InChI=1S/C23H21NO6S/c1-16-9-11-18(12-10-16)31(27,28)24-15-20(19-7-5-6-8-21(19)24)23(3,30-17(2)25)14-13-22(26)29-4/h5-12,15H,1-4H3. The van der Waals surface area contributed by atoms with E-state index in [4.69, 9.17) is 4.74 Å². The van der Waals surface area contributed by atoms with Crippen LogP contribution in [0.1, 0.15) is 25.0 Å². The lowest BCUT2D eigenvalue weighted by molar-refractivity contribution is -0.151. The normalized spacial score (nSPS) is 13.0. The fraction of sp³-hybridized carbons (Fsp3) is 0.217. The maximum atomic E-state index is 13.4. The van der Waals surface area contributed by atoms with Crippen molar-refractivity contribution in [3.8, 4) is 11.8 Å². The molecule has 160 valence electrons. The van der Waals surface area contributed by atoms with Crippen LogP contribution in [-0.4, -0.2) is 31.4 Å². The van der Waals surface area contributed by atoms with E-state index in [1.165, 1.54) is 39.3 Å². The second kappa shape index (κ2) is 8.28. The SMILES string of the molecule is COC(=O)C#CC(C)(OC(C)=O)c1cn(S(=O)(=O)c2ccc(C)cc2)c2ccccc12. The maximum absolute atomic E-state index is 13.4. The van der Waals surface area contributed by atoms with Gasteiger partial charge in [0, 0.05) is 30.0 Å². The molecule has 0 saturated carbocycles. The zero-order chi connectivity index (χ0) is 22.8. The van der Waals surface area contributed by atoms with E-state index >= 15 is 0 Å². The molecule has 7 nitrogen and oxygen atoms in total. The molecule has 0 aliphatic rings. The number of aromatic nitrogens is 1. The van der Waals surface area contributed by atoms with E-state index < -0.39 is 27.6 Å². The molecule has 0 N–H and O–H groups in total. The zero-order valence-electron chi connectivity index (χ0n) is 17.5. The topological polar surface area (TPSA) is 91.7 Å². The van der Waals surface area contributed by atoms with E-state index in [0.717, 1.165) is 9.54 Å². The molecule has 3 aromatic rings. The number of methoxy groups -OCH3 is 1. The summed E-state index contributed by atoms with van der Waals surface area (Å²) in [6.07, 6.45) is 1.37. The number of benzene rings is 2. The van der Waals surface area contributed by atoms with Gasteiger partial charge in [-0.2, -0.15) is 0 Å². The Morgan fingerprint density at radius 1 is 1.06 bits per heavy atom. The molecule has 0 saturated heterocycles. The lowest BCUT2D eigenvalue weighted by Crippen LogP contribution is -2.27. The lowest BCUT2D eigenvalue weighted by atomic mass is 9.95. The van der Waals surface area contributed by atoms with Crippen LogP contribution < -0.4 is 0 Å². The van der Waals surface area contributed by atoms with Crippen molar-refractivity contribution >= 4 is 32.9 Å². The lowest BCUT2D eigenvalue weighted by Gasteiger charge is -2.23. The summed E-state index contributed by atoms with van der Waals surface area (Å²) < 4.78 is 37.9. The number of hydrogen-bond donors (Lipinski definition) is 0. The summed E-state index contributed by atoms with van der Waals surface area (Å²) in [5.74, 6) is 3.45. The Labute approximate surface area is 180 Å². The fourth-order valence-electron chi connectivity index (χ4n) is 3.21. The fourth-order valence-corrected chi connectivity index (χ4v) is 4.58. The van der Waals surface area contributed by atoms with Gasteiger partial charge in [-0.05, 0) is 38.0 Å². The summed E-state index contributed by atoms with van der Waals surface area (Å²) in [5, 5.41) is 0.515. The van der Waals surface area contributed by atoms with Crippen LogP contribution in [-0.2, 0) is 34.7 Å². The van der Waals surface area contributed by atoms with Gasteiger partial charge in [0.15, 0.2) is 5.60 Å². The number of carbonyl (C=O) groups excluding carboxylic acids is 2. The van der Waals surface area contributed by atoms with Crippen molar-refractivity contribution in [1.82, 2.24) is 3.97 Å². The quantitative estimate of drug-likeness (QED) is 0.352. The average Bonchev–Trinajstić information content (AvgIpc) is 3.13. The first kappa shape index (κ1) is 22.1. The summed E-state index contributed by atoms with van der Waals surface area (Å²) in [6.45, 7) is 4.57. The van der Waals surface area contributed by atoms with E-state index in [2.05, 4.69) is 16.6 Å². The number of rotatable bonds is 4. The van der Waals surface area contributed by atoms with Gasteiger partial charge in [0.05, 0.1) is 17.5 Å². The van der Waals surface area contributed by atoms with Crippen LogP contribution in [0.3, 0.4) is 0 Å². The Hall–Kier alpha value is -3.57. The third-order valence-corrected chi connectivity index (χ3v) is 6.39. The van der Waals surface area contributed by atoms with Crippen LogP contribution >= 0.6 is 0 Å². The van der Waals surface area contributed by atoms with Crippen LogP contribution in [0.25, 0.3) is 10.9 Å². The highest BCUT2D eigenvalue weighted by Gasteiger charge is 2.34. The van der Waals surface area contributed by atoms with Gasteiger partial charge in [0.1, 0.15) is 0 Å². The summed E-state index contributed by atoms with van der Waals surface area (Å²) in [5.41, 5.74) is 0.0486. The third-order valence-electron chi connectivity index (χ3n) is 4.71. The molecule has 0 radical (unpaired) electrons. The summed E-state index contributed by atoms with van der Waals surface area (Å²) in [4.78, 5) is 23.5. The van der Waals surface area contributed by atoms with Gasteiger partial charge in [-0.15, -0.1) is 0 Å². The van der Waals surface area contributed by atoms with E-state index in [-0.39, 0.29) is 4.90 Å². The minimum absolute atomic E-state index is 0.111. The van der Waals surface area contributed by atoms with Gasteiger partial charge in [-0.25, -0.2) is 17.2 Å². The van der Waals surface area contributed by atoms with E-state index in [9.17, 15) is 18.0 Å². The molecular formula is C23H21NO6S. The first-order valence-corrected chi connectivity index (χ1v) is 10.8. The molecule has 1 atom stereocenters. The molecule has 1 heterocycles. The number of nitrogens with zero attached hydrogens (tertiary/aromatic N) is 1. The second-order valence-electron chi connectivity index (χ2n) is 7.04. The molecule has 1 aromatic heterocycles. The average molecular weight is 439 g/mol. The molecule has 0 aliphatic heterocycles. The Morgan fingerprint density at radius 2 is 1.71 bits per heavy atom.